The summed E-state index contributed by atoms with van der Waals surface area (Å²) in [6.07, 6.45) is 7.37. The second-order valence-electron chi connectivity index (χ2n) is 7.97. The van der Waals surface area contributed by atoms with Gasteiger partial charge >= 0.3 is 0 Å². The van der Waals surface area contributed by atoms with Crippen molar-refractivity contribution in [2.75, 3.05) is 33.0 Å². The Bertz CT molecular complexity index is 787. The smallest absolute Gasteiger partial charge is 0.246 e. The van der Waals surface area contributed by atoms with Gasteiger partial charge in [0.05, 0.1) is 6.04 Å². The molecule has 0 bridgehead atoms. The number of hydrogen-bond donors (Lipinski definition) is 1. The van der Waals surface area contributed by atoms with Crippen LogP contribution < -0.4 is 14.8 Å². The molecule has 2 saturated heterocycles. The normalized spacial score (nSPS) is 19.8. The first-order valence-corrected chi connectivity index (χ1v) is 10.5. The van der Waals surface area contributed by atoms with Crippen molar-refractivity contribution in [3.63, 3.8) is 0 Å². The van der Waals surface area contributed by atoms with Crippen LogP contribution >= 0.6 is 12.4 Å². The standard InChI is InChI=1S/C22H29N3O4.ClH/c1-16(22(27)25-10-2-3-11-25)23-18-8-12-24(13-9-18)21(26)7-5-17-4-6-19-20(14-17)29-15-28-19;/h4-7,14,16,18,23H,2-3,8-13,15H2,1H3;1H/b7-5+;. The van der Waals surface area contributed by atoms with E-state index in [2.05, 4.69) is 5.32 Å². The van der Waals surface area contributed by atoms with Crippen molar-refractivity contribution in [2.24, 2.45) is 0 Å². The fourth-order valence-corrected chi connectivity index (χ4v) is 4.19. The first kappa shape index (κ1) is 22.4. The number of piperidine rings is 1. The van der Waals surface area contributed by atoms with Crippen molar-refractivity contribution in [3.8, 4) is 11.5 Å². The highest BCUT2D eigenvalue weighted by molar-refractivity contribution is 5.92. The van der Waals surface area contributed by atoms with Crippen LogP contribution in [-0.2, 0) is 9.59 Å². The van der Waals surface area contributed by atoms with Gasteiger partial charge in [0.1, 0.15) is 0 Å². The van der Waals surface area contributed by atoms with Gasteiger partial charge in [-0.05, 0) is 56.4 Å². The zero-order valence-electron chi connectivity index (χ0n) is 17.3. The minimum absolute atomic E-state index is 0. The Morgan fingerprint density at radius 3 is 2.50 bits per heavy atom. The number of benzene rings is 1. The van der Waals surface area contributed by atoms with Crippen LogP contribution in [0.4, 0.5) is 0 Å². The maximum Gasteiger partial charge on any atom is 0.246 e. The van der Waals surface area contributed by atoms with Gasteiger partial charge in [-0.1, -0.05) is 6.07 Å². The minimum atomic E-state index is -0.161. The number of nitrogens with zero attached hydrogens (tertiary/aromatic N) is 2. The van der Waals surface area contributed by atoms with Crippen molar-refractivity contribution >= 4 is 30.3 Å². The maximum absolute atomic E-state index is 12.5. The van der Waals surface area contributed by atoms with E-state index >= 15 is 0 Å². The number of ether oxygens (including phenoxy) is 2. The molecule has 8 heteroatoms. The minimum Gasteiger partial charge on any atom is -0.454 e. The Labute approximate surface area is 183 Å². The lowest BCUT2D eigenvalue weighted by Crippen LogP contribution is -2.51. The molecule has 3 aliphatic heterocycles. The highest BCUT2D eigenvalue weighted by Gasteiger charge is 2.27. The molecule has 3 aliphatic rings. The molecule has 0 spiro atoms. The summed E-state index contributed by atoms with van der Waals surface area (Å²) < 4.78 is 10.7. The van der Waals surface area contributed by atoms with Gasteiger partial charge in [0, 0.05) is 38.3 Å². The van der Waals surface area contributed by atoms with Crippen molar-refractivity contribution in [1.82, 2.24) is 15.1 Å². The molecule has 1 aromatic carbocycles. The van der Waals surface area contributed by atoms with Gasteiger partial charge in [-0.3, -0.25) is 9.59 Å². The highest BCUT2D eigenvalue weighted by Crippen LogP contribution is 2.32. The van der Waals surface area contributed by atoms with Gasteiger partial charge in [0.25, 0.3) is 0 Å². The molecule has 0 aromatic heterocycles. The molecule has 7 nitrogen and oxygen atoms in total. The number of carbonyl (C=O) groups excluding carboxylic acids is 2. The molecule has 164 valence electrons. The largest absolute Gasteiger partial charge is 0.454 e. The third-order valence-electron chi connectivity index (χ3n) is 5.90. The van der Waals surface area contributed by atoms with Crippen LogP contribution in [-0.4, -0.2) is 66.7 Å². The molecule has 4 rings (SSSR count). The Hall–Kier alpha value is -2.25. The third kappa shape index (κ3) is 5.26. The summed E-state index contributed by atoms with van der Waals surface area (Å²) in [5, 5.41) is 3.46. The quantitative estimate of drug-likeness (QED) is 0.719. The Morgan fingerprint density at radius 1 is 1.07 bits per heavy atom. The molecule has 0 radical (unpaired) electrons. The lowest BCUT2D eigenvalue weighted by atomic mass is 10.0. The zero-order valence-corrected chi connectivity index (χ0v) is 18.2. The summed E-state index contributed by atoms with van der Waals surface area (Å²) in [6.45, 7) is 5.36. The third-order valence-corrected chi connectivity index (χ3v) is 5.90. The van der Waals surface area contributed by atoms with E-state index in [9.17, 15) is 9.59 Å². The summed E-state index contributed by atoms with van der Waals surface area (Å²) >= 11 is 0. The summed E-state index contributed by atoms with van der Waals surface area (Å²) in [4.78, 5) is 28.8. The van der Waals surface area contributed by atoms with Crippen molar-refractivity contribution in [1.29, 1.82) is 0 Å². The van der Waals surface area contributed by atoms with E-state index < -0.39 is 0 Å². The summed E-state index contributed by atoms with van der Waals surface area (Å²) in [7, 11) is 0. The first-order valence-electron chi connectivity index (χ1n) is 10.5. The van der Waals surface area contributed by atoms with E-state index in [-0.39, 0.29) is 43.1 Å². The molecule has 30 heavy (non-hydrogen) atoms. The molecule has 1 aromatic rings. The maximum atomic E-state index is 12.5. The number of rotatable bonds is 5. The molecule has 3 heterocycles. The van der Waals surface area contributed by atoms with E-state index in [1.165, 1.54) is 0 Å². The van der Waals surface area contributed by atoms with Gasteiger partial charge in [0.15, 0.2) is 11.5 Å². The fraction of sp³-hybridized carbons (Fsp3) is 0.545. The van der Waals surface area contributed by atoms with Gasteiger partial charge in [-0.15, -0.1) is 12.4 Å². The van der Waals surface area contributed by atoms with Gasteiger partial charge < -0.3 is 24.6 Å². The van der Waals surface area contributed by atoms with E-state index in [0.29, 0.717) is 18.8 Å². The topological polar surface area (TPSA) is 71.1 Å². The van der Waals surface area contributed by atoms with E-state index in [1.54, 1.807) is 6.08 Å². The number of amides is 2. The van der Waals surface area contributed by atoms with Crippen LogP contribution in [0.15, 0.2) is 24.3 Å². The van der Waals surface area contributed by atoms with Crippen LogP contribution in [0.25, 0.3) is 6.08 Å². The molecule has 2 fully saturated rings. The number of carbonyl (C=O) groups is 2. The number of hydrogen-bond acceptors (Lipinski definition) is 5. The van der Waals surface area contributed by atoms with Crippen LogP contribution in [0.2, 0.25) is 0 Å². The number of likely N-dealkylation sites (tertiary alicyclic amines) is 2. The van der Waals surface area contributed by atoms with Crippen molar-refractivity contribution in [2.45, 2.75) is 44.7 Å². The average molecular weight is 436 g/mol. The highest BCUT2D eigenvalue weighted by atomic mass is 35.5. The number of fused-ring (bicyclic) bond motifs is 1. The molecule has 1 unspecified atom stereocenters. The van der Waals surface area contributed by atoms with Gasteiger partial charge in [-0.25, -0.2) is 0 Å². The van der Waals surface area contributed by atoms with E-state index in [4.69, 9.17) is 9.47 Å². The Morgan fingerprint density at radius 2 is 1.77 bits per heavy atom. The SMILES string of the molecule is CC(NC1CCN(C(=O)/C=C/c2ccc3c(c2)OCO3)CC1)C(=O)N1CCCC1.Cl. The Kier molecular flexibility index (Phi) is 7.61. The van der Waals surface area contributed by atoms with Crippen LogP contribution in [0, 0.1) is 0 Å². The van der Waals surface area contributed by atoms with E-state index in [0.717, 1.165) is 50.1 Å². The predicted molar refractivity (Wildman–Crippen MR) is 117 cm³/mol. The second kappa shape index (κ2) is 10.2. The Balaban J connectivity index is 0.00000256. The first-order chi connectivity index (χ1) is 14.1. The number of halogens is 1. The van der Waals surface area contributed by atoms with Crippen molar-refractivity contribution < 1.29 is 19.1 Å². The van der Waals surface area contributed by atoms with Crippen LogP contribution in [0.3, 0.4) is 0 Å². The molecular weight excluding hydrogens is 406 g/mol. The number of nitrogens with one attached hydrogen (secondary N) is 1. The van der Waals surface area contributed by atoms with Crippen LogP contribution in [0.1, 0.15) is 38.2 Å². The lowest BCUT2D eigenvalue weighted by molar-refractivity contribution is -0.132. The summed E-state index contributed by atoms with van der Waals surface area (Å²) in [5.41, 5.74) is 0.911. The summed E-state index contributed by atoms with van der Waals surface area (Å²) in [5.74, 6) is 1.67. The molecule has 1 atom stereocenters. The molecule has 0 saturated carbocycles. The second-order valence-corrected chi connectivity index (χ2v) is 7.97. The fourth-order valence-electron chi connectivity index (χ4n) is 4.19. The average Bonchev–Trinajstić information content (AvgIpc) is 3.43. The molecular formula is C22H30ClN3O4. The van der Waals surface area contributed by atoms with E-state index in [1.807, 2.05) is 41.0 Å². The molecule has 1 N–H and O–H groups in total. The predicted octanol–water partition coefficient (Wildman–Crippen LogP) is 2.44. The zero-order chi connectivity index (χ0) is 20.2. The molecule has 2 amide bonds. The van der Waals surface area contributed by atoms with Crippen molar-refractivity contribution in [3.05, 3.63) is 29.8 Å². The summed E-state index contributed by atoms with van der Waals surface area (Å²) in [6, 6.07) is 5.76. The molecule has 0 aliphatic carbocycles. The van der Waals surface area contributed by atoms with Crippen LogP contribution in [0.5, 0.6) is 11.5 Å². The van der Waals surface area contributed by atoms with Gasteiger partial charge in [0.2, 0.25) is 18.6 Å². The lowest BCUT2D eigenvalue weighted by Gasteiger charge is -2.34. The monoisotopic (exact) mass is 435 g/mol. The van der Waals surface area contributed by atoms with Gasteiger partial charge in [-0.2, -0.15) is 0 Å².